The first-order valence-corrected chi connectivity index (χ1v) is 8.69. The number of hydrogen-bond acceptors (Lipinski definition) is 4. The summed E-state index contributed by atoms with van der Waals surface area (Å²) in [7, 11) is 0. The zero-order valence-corrected chi connectivity index (χ0v) is 14.6. The van der Waals surface area contributed by atoms with E-state index in [1.54, 1.807) is 11.1 Å². The summed E-state index contributed by atoms with van der Waals surface area (Å²) in [6, 6.07) is 25.0. The Morgan fingerprint density at radius 1 is 0.889 bits per heavy atom. The molecule has 1 aliphatic rings. The third-order valence-electron chi connectivity index (χ3n) is 4.16. The molecule has 0 saturated heterocycles. The molecule has 132 valence electrons. The fourth-order valence-electron chi connectivity index (χ4n) is 2.84. The average molecular weight is 354 g/mol. The molecule has 2 aromatic carbocycles. The van der Waals surface area contributed by atoms with Crippen molar-refractivity contribution in [2.75, 3.05) is 12.0 Å². The van der Waals surface area contributed by atoms with Gasteiger partial charge in [-0.1, -0.05) is 66.7 Å². The Bertz CT molecular complexity index is 983. The summed E-state index contributed by atoms with van der Waals surface area (Å²) < 4.78 is 0. The van der Waals surface area contributed by atoms with Gasteiger partial charge in [0.1, 0.15) is 17.4 Å². The van der Waals surface area contributed by atoms with E-state index in [1.165, 1.54) is 0 Å². The molecule has 1 aromatic heterocycles. The van der Waals surface area contributed by atoms with E-state index >= 15 is 0 Å². The van der Waals surface area contributed by atoms with Crippen molar-refractivity contribution < 1.29 is 4.79 Å². The molecule has 1 N–H and O–H groups in total. The van der Waals surface area contributed by atoms with Crippen LogP contribution in [-0.2, 0) is 4.79 Å². The van der Waals surface area contributed by atoms with E-state index in [1.807, 2.05) is 84.9 Å². The molecule has 0 radical (unpaired) electrons. The third-order valence-corrected chi connectivity index (χ3v) is 4.16. The van der Waals surface area contributed by atoms with Gasteiger partial charge in [0, 0.05) is 11.8 Å². The number of nitrogens with one attached hydrogen (secondary N) is 1. The van der Waals surface area contributed by atoms with E-state index in [2.05, 4.69) is 15.3 Å². The maximum absolute atomic E-state index is 13.0. The maximum Gasteiger partial charge on any atom is 0.279 e. The number of nitrogens with zero attached hydrogens (tertiary/aromatic N) is 3. The van der Waals surface area contributed by atoms with E-state index in [0.29, 0.717) is 17.4 Å². The van der Waals surface area contributed by atoms with Crippen molar-refractivity contribution in [2.24, 2.45) is 4.99 Å². The molecule has 1 amide bonds. The molecule has 0 unspecified atom stereocenters. The van der Waals surface area contributed by atoms with Crippen LogP contribution in [0.2, 0.25) is 0 Å². The molecule has 5 heteroatoms. The van der Waals surface area contributed by atoms with Gasteiger partial charge >= 0.3 is 0 Å². The monoisotopic (exact) mass is 354 g/mol. The van der Waals surface area contributed by atoms with Crippen molar-refractivity contribution in [3.63, 3.8) is 0 Å². The molecule has 3 aromatic rings. The van der Waals surface area contributed by atoms with Crippen LogP contribution in [0.4, 0.5) is 5.82 Å². The molecule has 4 rings (SSSR count). The predicted octanol–water partition coefficient (Wildman–Crippen LogP) is 3.78. The number of rotatable bonds is 5. The van der Waals surface area contributed by atoms with Crippen molar-refractivity contribution in [3.8, 4) is 0 Å². The number of anilines is 1. The highest BCUT2D eigenvalue weighted by molar-refractivity contribution is 6.19. The molecule has 0 atom stereocenters. The Kier molecular flexibility index (Phi) is 4.74. The van der Waals surface area contributed by atoms with Gasteiger partial charge in [0.25, 0.3) is 5.91 Å². The van der Waals surface area contributed by atoms with Crippen molar-refractivity contribution >= 4 is 23.6 Å². The largest absolute Gasteiger partial charge is 0.352 e. The summed E-state index contributed by atoms with van der Waals surface area (Å²) >= 11 is 0. The number of aromatic nitrogens is 1. The van der Waals surface area contributed by atoms with Crippen LogP contribution < -0.4 is 5.32 Å². The highest BCUT2D eigenvalue weighted by atomic mass is 16.2. The van der Waals surface area contributed by atoms with Crippen LogP contribution in [0.15, 0.2) is 95.7 Å². The van der Waals surface area contributed by atoms with Crippen LogP contribution in [0.3, 0.4) is 0 Å². The minimum absolute atomic E-state index is 0.138. The second kappa shape index (κ2) is 7.66. The predicted molar refractivity (Wildman–Crippen MR) is 107 cm³/mol. The van der Waals surface area contributed by atoms with Crippen LogP contribution in [0.5, 0.6) is 0 Å². The van der Waals surface area contributed by atoms with Crippen LogP contribution in [-0.4, -0.2) is 28.3 Å². The lowest BCUT2D eigenvalue weighted by Crippen LogP contribution is -2.37. The van der Waals surface area contributed by atoms with E-state index in [-0.39, 0.29) is 12.6 Å². The van der Waals surface area contributed by atoms with Crippen LogP contribution in [0, 0.1) is 0 Å². The van der Waals surface area contributed by atoms with Gasteiger partial charge < -0.3 is 5.32 Å². The first kappa shape index (κ1) is 16.7. The number of carbonyl (C=O) groups excluding carboxylic acids is 1. The van der Waals surface area contributed by atoms with Crippen molar-refractivity contribution in [1.29, 1.82) is 0 Å². The lowest BCUT2D eigenvalue weighted by Gasteiger charge is -2.19. The van der Waals surface area contributed by atoms with Crippen molar-refractivity contribution in [2.45, 2.75) is 0 Å². The summed E-state index contributed by atoms with van der Waals surface area (Å²) in [6.07, 6.45) is 3.52. The summed E-state index contributed by atoms with van der Waals surface area (Å²) in [5.41, 5.74) is 2.25. The third kappa shape index (κ3) is 3.77. The number of amides is 1. The quantitative estimate of drug-likeness (QED) is 0.710. The number of carbonyl (C=O) groups is 1. The van der Waals surface area contributed by atoms with Gasteiger partial charge in [0.15, 0.2) is 0 Å². The average Bonchev–Trinajstić information content (AvgIpc) is 3.04. The molecule has 0 fully saturated rings. The Hall–Kier alpha value is -3.73. The Labute approximate surface area is 157 Å². The summed E-state index contributed by atoms with van der Waals surface area (Å²) in [5, 5.41) is 3.19. The normalized spacial score (nSPS) is 15.1. The Balaban J connectivity index is 1.65. The molecule has 5 nitrogen and oxygen atoms in total. The SMILES string of the molecule is O=C1C(=Cc2ccccc2)N=C(c2ccccc2)N1CNc1ccccn1. The molecular weight excluding hydrogens is 336 g/mol. The van der Waals surface area contributed by atoms with Gasteiger partial charge in [-0.25, -0.2) is 9.98 Å². The molecule has 0 aliphatic carbocycles. The van der Waals surface area contributed by atoms with E-state index in [4.69, 9.17) is 0 Å². The number of hydrogen-bond donors (Lipinski definition) is 1. The standard InChI is InChI=1S/C22H18N4O/c27-22-19(15-17-9-3-1-4-10-17)25-21(18-11-5-2-6-12-18)26(22)16-24-20-13-7-8-14-23-20/h1-15H,16H2,(H,23,24). The van der Waals surface area contributed by atoms with Gasteiger partial charge in [-0.3, -0.25) is 9.69 Å². The number of aliphatic imine (C=N–C) groups is 1. The van der Waals surface area contributed by atoms with Crippen LogP contribution >= 0.6 is 0 Å². The smallest absolute Gasteiger partial charge is 0.279 e. The van der Waals surface area contributed by atoms with Crippen molar-refractivity contribution in [1.82, 2.24) is 9.88 Å². The first-order valence-electron chi connectivity index (χ1n) is 8.69. The van der Waals surface area contributed by atoms with Crippen LogP contribution in [0.25, 0.3) is 6.08 Å². The fourth-order valence-corrected chi connectivity index (χ4v) is 2.84. The number of amidine groups is 1. The highest BCUT2D eigenvalue weighted by Gasteiger charge is 2.30. The molecule has 0 saturated carbocycles. The Morgan fingerprint density at radius 3 is 2.30 bits per heavy atom. The molecule has 0 bridgehead atoms. The second-order valence-corrected chi connectivity index (χ2v) is 6.02. The summed E-state index contributed by atoms with van der Waals surface area (Å²) in [4.78, 5) is 23.5. The molecule has 2 heterocycles. The lowest BCUT2D eigenvalue weighted by molar-refractivity contribution is -0.122. The van der Waals surface area contributed by atoms with E-state index in [0.717, 1.165) is 11.1 Å². The van der Waals surface area contributed by atoms with E-state index in [9.17, 15) is 4.79 Å². The zero-order chi connectivity index (χ0) is 18.5. The number of pyridine rings is 1. The Morgan fingerprint density at radius 2 is 1.59 bits per heavy atom. The second-order valence-electron chi connectivity index (χ2n) is 6.02. The van der Waals surface area contributed by atoms with Crippen molar-refractivity contribution in [3.05, 3.63) is 102 Å². The van der Waals surface area contributed by atoms with Gasteiger partial charge in [-0.2, -0.15) is 0 Å². The minimum Gasteiger partial charge on any atom is -0.352 e. The molecule has 27 heavy (non-hydrogen) atoms. The fraction of sp³-hybridized carbons (Fsp3) is 0.0455. The van der Waals surface area contributed by atoms with Gasteiger partial charge in [0.2, 0.25) is 0 Å². The molecular formula is C22H18N4O. The zero-order valence-electron chi connectivity index (χ0n) is 14.6. The maximum atomic E-state index is 13.0. The summed E-state index contributed by atoms with van der Waals surface area (Å²) in [5.74, 6) is 1.20. The molecule has 1 aliphatic heterocycles. The first-order chi connectivity index (χ1) is 13.3. The van der Waals surface area contributed by atoms with Gasteiger partial charge in [-0.05, 0) is 23.8 Å². The van der Waals surface area contributed by atoms with Crippen LogP contribution in [0.1, 0.15) is 11.1 Å². The summed E-state index contributed by atoms with van der Waals surface area (Å²) in [6.45, 7) is 0.287. The van der Waals surface area contributed by atoms with E-state index < -0.39 is 0 Å². The van der Waals surface area contributed by atoms with Gasteiger partial charge in [0.05, 0.1) is 6.67 Å². The highest BCUT2D eigenvalue weighted by Crippen LogP contribution is 2.22. The lowest BCUT2D eigenvalue weighted by atomic mass is 10.2. The minimum atomic E-state index is -0.138. The van der Waals surface area contributed by atoms with Gasteiger partial charge in [-0.15, -0.1) is 0 Å². The topological polar surface area (TPSA) is 57.6 Å². The molecule has 0 spiro atoms. The number of benzene rings is 2.